The molecule has 1 atom stereocenters. The van der Waals surface area contributed by atoms with Gasteiger partial charge >= 0.3 is 0 Å². The van der Waals surface area contributed by atoms with E-state index in [0.29, 0.717) is 0 Å². The van der Waals surface area contributed by atoms with E-state index in [2.05, 4.69) is 6.07 Å². The Balaban J connectivity index is 1.68. The number of amides is 1. The number of rotatable bonds is 4. The molecule has 2 aromatic carbocycles. The van der Waals surface area contributed by atoms with E-state index in [1.54, 1.807) is 11.0 Å². The summed E-state index contributed by atoms with van der Waals surface area (Å²) in [6.07, 6.45) is 4.45. The molecule has 1 aliphatic rings. The Kier molecular flexibility index (Phi) is 4.47. The second-order valence-corrected chi connectivity index (χ2v) is 5.83. The highest BCUT2D eigenvalue weighted by atomic mass is 16.5. The van der Waals surface area contributed by atoms with Crippen molar-refractivity contribution in [3.05, 3.63) is 71.3 Å². The minimum atomic E-state index is -0.00176. The predicted molar refractivity (Wildman–Crippen MR) is 92.3 cm³/mol. The van der Waals surface area contributed by atoms with Crippen LogP contribution >= 0.6 is 0 Å². The SMILES string of the molecule is CC(c1ccccc1)N(C)C(=O)/C=C/c1ccc2c(c1)CCO2. The summed E-state index contributed by atoms with van der Waals surface area (Å²) in [7, 11) is 1.83. The first kappa shape index (κ1) is 15.3. The van der Waals surface area contributed by atoms with Crippen molar-refractivity contribution in [1.29, 1.82) is 0 Å². The largest absolute Gasteiger partial charge is 0.493 e. The fourth-order valence-electron chi connectivity index (χ4n) is 2.74. The molecule has 3 heteroatoms. The second kappa shape index (κ2) is 6.69. The zero-order chi connectivity index (χ0) is 16.2. The standard InChI is InChI=1S/C20H21NO2/c1-15(17-6-4-3-5-7-17)21(2)20(22)11-9-16-8-10-19-18(14-16)12-13-23-19/h3-11,14-15H,12-13H2,1-2H3/b11-9+. The van der Waals surface area contributed by atoms with Gasteiger partial charge in [-0.2, -0.15) is 0 Å². The van der Waals surface area contributed by atoms with Crippen LogP contribution in [0.4, 0.5) is 0 Å². The summed E-state index contributed by atoms with van der Waals surface area (Å²) >= 11 is 0. The molecule has 3 rings (SSSR count). The fourth-order valence-corrected chi connectivity index (χ4v) is 2.74. The minimum absolute atomic E-state index is 0.00176. The van der Waals surface area contributed by atoms with E-state index < -0.39 is 0 Å². The molecule has 0 saturated carbocycles. The van der Waals surface area contributed by atoms with Crippen LogP contribution in [0.5, 0.6) is 5.75 Å². The molecule has 1 heterocycles. The molecule has 0 radical (unpaired) electrons. The second-order valence-electron chi connectivity index (χ2n) is 5.83. The lowest BCUT2D eigenvalue weighted by molar-refractivity contribution is -0.126. The van der Waals surface area contributed by atoms with Gasteiger partial charge in [0.1, 0.15) is 5.75 Å². The van der Waals surface area contributed by atoms with E-state index in [-0.39, 0.29) is 11.9 Å². The Bertz CT molecular complexity index is 722. The molecule has 0 N–H and O–H groups in total. The van der Waals surface area contributed by atoms with Crippen molar-refractivity contribution in [2.24, 2.45) is 0 Å². The van der Waals surface area contributed by atoms with Crippen molar-refractivity contribution in [1.82, 2.24) is 4.90 Å². The maximum atomic E-state index is 12.4. The predicted octanol–water partition coefficient (Wildman–Crippen LogP) is 3.85. The average Bonchev–Trinajstić information content (AvgIpc) is 3.06. The third-order valence-electron chi connectivity index (χ3n) is 4.34. The molecular weight excluding hydrogens is 286 g/mol. The fraction of sp³-hybridized carbons (Fsp3) is 0.250. The van der Waals surface area contributed by atoms with Crippen LogP contribution in [-0.4, -0.2) is 24.5 Å². The Labute approximate surface area is 137 Å². The molecule has 0 spiro atoms. The van der Waals surface area contributed by atoms with Crippen molar-refractivity contribution in [3.8, 4) is 5.75 Å². The molecule has 0 saturated heterocycles. The monoisotopic (exact) mass is 307 g/mol. The van der Waals surface area contributed by atoms with Gasteiger partial charge in [0.05, 0.1) is 12.6 Å². The van der Waals surface area contributed by atoms with Gasteiger partial charge in [-0.25, -0.2) is 0 Å². The van der Waals surface area contributed by atoms with Gasteiger partial charge < -0.3 is 9.64 Å². The lowest BCUT2D eigenvalue weighted by Gasteiger charge is -2.24. The zero-order valence-corrected chi connectivity index (χ0v) is 13.5. The van der Waals surface area contributed by atoms with Gasteiger partial charge in [0, 0.05) is 19.5 Å². The number of ether oxygens (including phenoxy) is 1. The van der Waals surface area contributed by atoms with Gasteiger partial charge in [0.2, 0.25) is 5.91 Å². The lowest BCUT2D eigenvalue weighted by Crippen LogP contribution is -2.27. The molecule has 3 nitrogen and oxygen atoms in total. The molecule has 1 unspecified atom stereocenters. The summed E-state index contributed by atoms with van der Waals surface area (Å²) in [5.41, 5.74) is 3.38. The van der Waals surface area contributed by atoms with Crippen molar-refractivity contribution in [2.75, 3.05) is 13.7 Å². The number of benzene rings is 2. The summed E-state index contributed by atoms with van der Waals surface area (Å²) in [5.74, 6) is 0.960. The van der Waals surface area contributed by atoms with Gasteiger partial charge in [-0.15, -0.1) is 0 Å². The van der Waals surface area contributed by atoms with Gasteiger partial charge in [-0.3, -0.25) is 4.79 Å². The molecule has 1 amide bonds. The Morgan fingerprint density at radius 2 is 2.00 bits per heavy atom. The molecule has 2 aromatic rings. The summed E-state index contributed by atoms with van der Waals surface area (Å²) in [4.78, 5) is 14.1. The highest BCUT2D eigenvalue weighted by molar-refractivity contribution is 5.91. The summed E-state index contributed by atoms with van der Waals surface area (Å²) in [6, 6.07) is 16.1. The van der Waals surface area contributed by atoms with Crippen LogP contribution in [-0.2, 0) is 11.2 Å². The first-order valence-corrected chi connectivity index (χ1v) is 7.90. The maximum Gasteiger partial charge on any atom is 0.246 e. The third kappa shape index (κ3) is 3.45. The van der Waals surface area contributed by atoms with Crippen molar-refractivity contribution in [3.63, 3.8) is 0 Å². The van der Waals surface area contributed by atoms with E-state index in [1.165, 1.54) is 5.56 Å². The van der Waals surface area contributed by atoms with Crippen LogP contribution in [0.1, 0.15) is 29.7 Å². The van der Waals surface area contributed by atoms with E-state index >= 15 is 0 Å². The summed E-state index contributed by atoms with van der Waals surface area (Å²) < 4.78 is 5.50. The smallest absolute Gasteiger partial charge is 0.246 e. The summed E-state index contributed by atoms with van der Waals surface area (Å²) in [6.45, 7) is 2.78. The minimum Gasteiger partial charge on any atom is -0.493 e. The first-order valence-electron chi connectivity index (χ1n) is 7.90. The van der Waals surface area contributed by atoms with Crippen molar-refractivity contribution >= 4 is 12.0 Å². The molecule has 1 aliphatic heterocycles. The van der Waals surface area contributed by atoms with E-state index in [4.69, 9.17) is 4.74 Å². The molecular formula is C20H21NO2. The average molecular weight is 307 g/mol. The Morgan fingerprint density at radius 3 is 2.78 bits per heavy atom. The Morgan fingerprint density at radius 1 is 1.22 bits per heavy atom. The van der Waals surface area contributed by atoms with E-state index in [1.807, 2.05) is 62.5 Å². The number of hydrogen-bond acceptors (Lipinski definition) is 2. The quantitative estimate of drug-likeness (QED) is 0.803. The lowest BCUT2D eigenvalue weighted by atomic mass is 10.1. The normalized spacial score (nSPS) is 14.3. The number of hydrogen-bond donors (Lipinski definition) is 0. The van der Waals surface area contributed by atoms with Crippen LogP contribution in [0.15, 0.2) is 54.6 Å². The van der Waals surface area contributed by atoms with Gasteiger partial charge in [-0.1, -0.05) is 36.4 Å². The first-order chi connectivity index (χ1) is 11.1. The molecule has 0 fully saturated rings. The maximum absolute atomic E-state index is 12.4. The van der Waals surface area contributed by atoms with Crippen LogP contribution in [0.25, 0.3) is 6.08 Å². The molecule has 0 aromatic heterocycles. The highest BCUT2D eigenvalue weighted by Gasteiger charge is 2.15. The number of carbonyl (C=O) groups is 1. The molecule has 118 valence electrons. The van der Waals surface area contributed by atoms with Crippen LogP contribution < -0.4 is 4.74 Å². The van der Waals surface area contributed by atoms with Crippen LogP contribution in [0.2, 0.25) is 0 Å². The van der Waals surface area contributed by atoms with Gasteiger partial charge in [-0.05, 0) is 41.8 Å². The number of nitrogens with zero attached hydrogens (tertiary/aromatic N) is 1. The highest BCUT2D eigenvalue weighted by Crippen LogP contribution is 2.26. The molecule has 0 aliphatic carbocycles. The number of carbonyl (C=O) groups excluding carboxylic acids is 1. The van der Waals surface area contributed by atoms with Gasteiger partial charge in [0.15, 0.2) is 0 Å². The van der Waals surface area contributed by atoms with Crippen LogP contribution in [0, 0.1) is 0 Å². The number of fused-ring (bicyclic) bond motifs is 1. The Hall–Kier alpha value is -2.55. The van der Waals surface area contributed by atoms with E-state index in [9.17, 15) is 4.79 Å². The van der Waals surface area contributed by atoms with Gasteiger partial charge in [0.25, 0.3) is 0 Å². The van der Waals surface area contributed by atoms with Crippen molar-refractivity contribution in [2.45, 2.75) is 19.4 Å². The molecule has 0 bridgehead atoms. The molecule has 23 heavy (non-hydrogen) atoms. The topological polar surface area (TPSA) is 29.5 Å². The number of likely N-dealkylation sites (N-methyl/N-ethyl adjacent to an activating group) is 1. The van der Waals surface area contributed by atoms with Crippen LogP contribution in [0.3, 0.4) is 0 Å². The zero-order valence-electron chi connectivity index (χ0n) is 13.5. The van der Waals surface area contributed by atoms with E-state index in [0.717, 1.165) is 29.9 Å². The third-order valence-corrected chi connectivity index (χ3v) is 4.34. The van der Waals surface area contributed by atoms with Crippen molar-refractivity contribution < 1.29 is 9.53 Å². The summed E-state index contributed by atoms with van der Waals surface area (Å²) in [5, 5.41) is 0.